The Balaban J connectivity index is 2.05. The van der Waals surface area contributed by atoms with Crippen molar-refractivity contribution in [3.8, 4) is 0 Å². The molecule has 0 atom stereocenters. The van der Waals surface area contributed by atoms with Gasteiger partial charge in [-0.25, -0.2) is 0 Å². The molecule has 1 heterocycles. The second-order valence-electron chi connectivity index (χ2n) is 3.38. The maximum Gasteiger partial charge on any atom is 0.0483 e. The van der Waals surface area contributed by atoms with Crippen molar-refractivity contribution in [1.82, 2.24) is 15.5 Å². The molecule has 0 aromatic heterocycles. The van der Waals surface area contributed by atoms with Crippen LogP contribution in [0.25, 0.3) is 0 Å². The maximum absolute atomic E-state index is 3.41. The van der Waals surface area contributed by atoms with Gasteiger partial charge in [0.25, 0.3) is 0 Å². The van der Waals surface area contributed by atoms with Gasteiger partial charge in [0, 0.05) is 38.9 Å². The molecule has 0 bridgehead atoms. The van der Waals surface area contributed by atoms with Crippen molar-refractivity contribution in [2.24, 2.45) is 0 Å². The van der Waals surface area contributed by atoms with Crippen molar-refractivity contribution < 1.29 is 0 Å². The fourth-order valence-corrected chi connectivity index (χ4v) is 1.18. The van der Waals surface area contributed by atoms with E-state index in [1.807, 2.05) is 0 Å². The Hall–Kier alpha value is -0.120. The molecule has 1 aliphatic heterocycles. The summed E-state index contributed by atoms with van der Waals surface area (Å²) in [5.74, 6) is 0. The monoisotopic (exact) mass is 157 g/mol. The van der Waals surface area contributed by atoms with Gasteiger partial charge in [0.15, 0.2) is 0 Å². The molecule has 3 nitrogen and oxygen atoms in total. The van der Waals surface area contributed by atoms with E-state index in [0.717, 1.165) is 19.8 Å². The highest BCUT2D eigenvalue weighted by Crippen LogP contribution is 1.89. The summed E-state index contributed by atoms with van der Waals surface area (Å²) in [5, 5.41) is 6.75. The van der Waals surface area contributed by atoms with Crippen LogP contribution in [0.1, 0.15) is 13.8 Å². The lowest BCUT2D eigenvalue weighted by molar-refractivity contribution is 0.217. The second-order valence-corrected chi connectivity index (χ2v) is 3.38. The third-order valence-corrected chi connectivity index (χ3v) is 1.93. The second kappa shape index (κ2) is 4.70. The molecule has 1 aliphatic rings. The Labute approximate surface area is 69.1 Å². The van der Waals surface area contributed by atoms with Crippen molar-refractivity contribution in [2.45, 2.75) is 19.9 Å². The molecule has 0 unspecified atom stereocenters. The minimum atomic E-state index is 0.602. The van der Waals surface area contributed by atoms with Gasteiger partial charge in [-0.05, 0) is 13.8 Å². The predicted octanol–water partition coefficient (Wildman–Crippen LogP) is -0.153. The van der Waals surface area contributed by atoms with Crippen LogP contribution in [0.2, 0.25) is 0 Å². The Bertz CT molecular complexity index is 97.5. The highest BCUT2D eigenvalue weighted by atomic mass is 15.3. The average molecular weight is 157 g/mol. The molecule has 66 valence electrons. The van der Waals surface area contributed by atoms with E-state index in [9.17, 15) is 0 Å². The Morgan fingerprint density at radius 2 is 2.00 bits per heavy atom. The molecule has 0 aromatic rings. The van der Waals surface area contributed by atoms with Gasteiger partial charge >= 0.3 is 0 Å². The van der Waals surface area contributed by atoms with E-state index < -0.39 is 0 Å². The average Bonchev–Trinajstić information content (AvgIpc) is 2.03. The lowest BCUT2D eigenvalue weighted by Gasteiger charge is -2.28. The van der Waals surface area contributed by atoms with Gasteiger partial charge in [0.2, 0.25) is 0 Å². The lowest BCUT2D eigenvalue weighted by atomic mass is 10.4. The van der Waals surface area contributed by atoms with E-state index in [1.165, 1.54) is 13.1 Å². The van der Waals surface area contributed by atoms with E-state index in [0.29, 0.717) is 6.04 Å². The van der Waals surface area contributed by atoms with Crippen LogP contribution >= 0.6 is 0 Å². The fraction of sp³-hybridized carbons (Fsp3) is 1.00. The van der Waals surface area contributed by atoms with Crippen LogP contribution < -0.4 is 10.6 Å². The van der Waals surface area contributed by atoms with Gasteiger partial charge < -0.3 is 10.6 Å². The molecular formula is C8H19N3. The molecule has 1 saturated heterocycles. The summed E-state index contributed by atoms with van der Waals surface area (Å²) in [6, 6.07) is 0.602. The Kier molecular flexibility index (Phi) is 3.83. The molecule has 1 fully saturated rings. The van der Waals surface area contributed by atoms with Crippen LogP contribution in [0.4, 0.5) is 0 Å². The zero-order valence-corrected chi connectivity index (χ0v) is 7.56. The first-order chi connectivity index (χ1) is 5.29. The number of piperazine rings is 1. The van der Waals surface area contributed by atoms with Gasteiger partial charge in [-0.15, -0.1) is 0 Å². The van der Waals surface area contributed by atoms with Gasteiger partial charge in [0.05, 0.1) is 0 Å². The van der Waals surface area contributed by atoms with E-state index >= 15 is 0 Å². The van der Waals surface area contributed by atoms with Crippen LogP contribution in [0.5, 0.6) is 0 Å². The topological polar surface area (TPSA) is 27.3 Å². The van der Waals surface area contributed by atoms with Crippen LogP contribution in [0.15, 0.2) is 0 Å². The standard InChI is InChI=1S/C8H19N3/c1-8(2)10-7-11-5-3-9-4-6-11/h8-10H,3-7H2,1-2H3. The minimum absolute atomic E-state index is 0.602. The first-order valence-electron chi connectivity index (χ1n) is 4.45. The molecule has 0 amide bonds. The summed E-state index contributed by atoms with van der Waals surface area (Å²) in [6.07, 6.45) is 0. The molecule has 1 rings (SSSR count). The SMILES string of the molecule is CC(C)NCN1CCNCC1. The lowest BCUT2D eigenvalue weighted by Crippen LogP contribution is -2.48. The minimum Gasteiger partial charge on any atom is -0.314 e. The molecule has 2 N–H and O–H groups in total. The van der Waals surface area contributed by atoms with Gasteiger partial charge in [-0.2, -0.15) is 0 Å². The predicted molar refractivity (Wildman–Crippen MR) is 47.6 cm³/mol. The maximum atomic E-state index is 3.41. The summed E-state index contributed by atoms with van der Waals surface area (Å²) in [6.45, 7) is 10.0. The molecule has 0 spiro atoms. The summed E-state index contributed by atoms with van der Waals surface area (Å²) < 4.78 is 0. The zero-order chi connectivity index (χ0) is 8.10. The van der Waals surface area contributed by atoms with Crippen molar-refractivity contribution in [3.05, 3.63) is 0 Å². The third kappa shape index (κ3) is 3.70. The van der Waals surface area contributed by atoms with Crippen LogP contribution in [0, 0.1) is 0 Å². The third-order valence-electron chi connectivity index (χ3n) is 1.93. The number of nitrogens with zero attached hydrogens (tertiary/aromatic N) is 1. The zero-order valence-electron chi connectivity index (χ0n) is 7.56. The van der Waals surface area contributed by atoms with E-state index in [4.69, 9.17) is 0 Å². The summed E-state index contributed by atoms with van der Waals surface area (Å²) in [4.78, 5) is 2.44. The summed E-state index contributed by atoms with van der Waals surface area (Å²) >= 11 is 0. The molecule has 11 heavy (non-hydrogen) atoms. The van der Waals surface area contributed by atoms with Gasteiger partial charge in [0.1, 0.15) is 0 Å². The first-order valence-corrected chi connectivity index (χ1v) is 4.45. The number of hydrogen-bond acceptors (Lipinski definition) is 3. The normalized spacial score (nSPS) is 21.0. The van der Waals surface area contributed by atoms with Crippen molar-refractivity contribution in [1.29, 1.82) is 0 Å². The van der Waals surface area contributed by atoms with Crippen molar-refractivity contribution >= 4 is 0 Å². The fourth-order valence-electron chi connectivity index (χ4n) is 1.18. The first kappa shape index (κ1) is 8.97. The molecule has 0 saturated carbocycles. The van der Waals surface area contributed by atoms with Gasteiger partial charge in [-0.3, -0.25) is 4.90 Å². The highest BCUT2D eigenvalue weighted by molar-refractivity contribution is 4.66. The Morgan fingerprint density at radius 3 is 2.55 bits per heavy atom. The molecule has 3 heteroatoms. The molecule has 0 aliphatic carbocycles. The summed E-state index contributed by atoms with van der Waals surface area (Å²) in [7, 11) is 0. The van der Waals surface area contributed by atoms with Crippen LogP contribution in [-0.2, 0) is 0 Å². The molecule has 0 aromatic carbocycles. The van der Waals surface area contributed by atoms with E-state index in [-0.39, 0.29) is 0 Å². The van der Waals surface area contributed by atoms with Crippen molar-refractivity contribution in [3.63, 3.8) is 0 Å². The van der Waals surface area contributed by atoms with E-state index in [2.05, 4.69) is 29.4 Å². The van der Waals surface area contributed by atoms with Crippen LogP contribution in [0.3, 0.4) is 0 Å². The van der Waals surface area contributed by atoms with Crippen molar-refractivity contribution in [2.75, 3.05) is 32.8 Å². The number of hydrogen-bond donors (Lipinski definition) is 2. The smallest absolute Gasteiger partial charge is 0.0483 e. The largest absolute Gasteiger partial charge is 0.314 e. The van der Waals surface area contributed by atoms with Gasteiger partial charge in [-0.1, -0.05) is 0 Å². The van der Waals surface area contributed by atoms with E-state index in [1.54, 1.807) is 0 Å². The Morgan fingerprint density at radius 1 is 1.36 bits per heavy atom. The number of rotatable bonds is 3. The summed E-state index contributed by atoms with van der Waals surface area (Å²) in [5.41, 5.74) is 0. The number of nitrogens with one attached hydrogen (secondary N) is 2. The van der Waals surface area contributed by atoms with Crippen LogP contribution in [-0.4, -0.2) is 43.8 Å². The molecule has 0 radical (unpaired) electrons. The molecular weight excluding hydrogens is 138 g/mol. The highest BCUT2D eigenvalue weighted by Gasteiger charge is 2.08. The quantitative estimate of drug-likeness (QED) is 0.596.